The summed E-state index contributed by atoms with van der Waals surface area (Å²) >= 11 is 2.09. The van der Waals surface area contributed by atoms with Crippen LogP contribution in [0, 0.1) is 3.57 Å². The van der Waals surface area contributed by atoms with Gasteiger partial charge in [-0.25, -0.2) is 0 Å². The van der Waals surface area contributed by atoms with Crippen LogP contribution < -0.4 is 5.32 Å². The van der Waals surface area contributed by atoms with Crippen LogP contribution in [-0.2, 0) is 4.79 Å². The number of amides is 1. The maximum absolute atomic E-state index is 11.6. The molecule has 14 heavy (non-hydrogen) atoms. The lowest BCUT2D eigenvalue weighted by Gasteiger charge is -2.08. The molecule has 0 spiro atoms. The Labute approximate surface area is 96.0 Å². The molecule has 0 bridgehead atoms. The summed E-state index contributed by atoms with van der Waals surface area (Å²) in [6.07, 6.45) is 0.702. The second-order valence-corrected chi connectivity index (χ2v) is 4.04. The van der Waals surface area contributed by atoms with Crippen molar-refractivity contribution in [3.8, 4) is 0 Å². The molecule has 0 radical (unpaired) electrons. The summed E-state index contributed by atoms with van der Waals surface area (Å²) in [4.78, 5) is 21.9. The Kier molecular flexibility index (Phi) is 4.06. The molecule has 0 unspecified atom stereocenters. The van der Waals surface area contributed by atoms with Gasteiger partial charge in [-0.2, -0.15) is 0 Å². The molecule has 0 saturated heterocycles. The highest BCUT2D eigenvalue weighted by Gasteiger charge is 2.10. The van der Waals surface area contributed by atoms with Gasteiger partial charge in [0, 0.05) is 3.57 Å². The molecule has 0 heterocycles. The molecule has 1 amide bonds. The molecule has 1 aromatic rings. The average Bonchev–Trinajstić information content (AvgIpc) is 2.18. The number of aldehydes is 1. The number of halogens is 1. The Bertz CT molecular complexity index is 352. The molecule has 1 atom stereocenters. The van der Waals surface area contributed by atoms with Crippen molar-refractivity contribution in [2.75, 3.05) is 0 Å². The molecule has 4 heteroatoms. The molecular formula is C10H10INO2. The van der Waals surface area contributed by atoms with Crippen molar-refractivity contribution in [2.45, 2.75) is 13.0 Å². The summed E-state index contributed by atoms with van der Waals surface area (Å²) in [5.41, 5.74) is 0.599. The Morgan fingerprint density at radius 2 is 2.14 bits per heavy atom. The number of hydrogen-bond donors (Lipinski definition) is 1. The number of carbonyl (C=O) groups excluding carboxylic acids is 2. The van der Waals surface area contributed by atoms with Gasteiger partial charge in [-0.05, 0) is 41.6 Å². The largest absolute Gasteiger partial charge is 0.343 e. The first-order valence-corrected chi connectivity index (χ1v) is 5.23. The fourth-order valence-corrected chi connectivity index (χ4v) is 1.60. The maximum atomic E-state index is 11.6. The normalized spacial score (nSPS) is 11.9. The zero-order valence-electron chi connectivity index (χ0n) is 7.66. The van der Waals surface area contributed by atoms with Crippen LogP contribution in [0.15, 0.2) is 24.3 Å². The van der Waals surface area contributed by atoms with Gasteiger partial charge in [-0.15, -0.1) is 0 Å². The molecule has 0 aromatic heterocycles. The van der Waals surface area contributed by atoms with Gasteiger partial charge in [0.15, 0.2) is 0 Å². The van der Waals surface area contributed by atoms with Gasteiger partial charge in [0.25, 0.3) is 5.91 Å². The summed E-state index contributed by atoms with van der Waals surface area (Å²) < 4.78 is 0.876. The number of nitrogens with one attached hydrogen (secondary N) is 1. The van der Waals surface area contributed by atoms with E-state index >= 15 is 0 Å². The Morgan fingerprint density at radius 3 is 2.71 bits per heavy atom. The first-order chi connectivity index (χ1) is 6.65. The first kappa shape index (κ1) is 11.2. The molecule has 3 nitrogen and oxygen atoms in total. The monoisotopic (exact) mass is 303 g/mol. The third-order valence-corrected chi connectivity index (χ3v) is 2.62. The van der Waals surface area contributed by atoms with E-state index in [1.54, 1.807) is 19.1 Å². The highest BCUT2D eigenvalue weighted by Crippen LogP contribution is 2.10. The molecule has 0 fully saturated rings. The van der Waals surface area contributed by atoms with Crippen LogP contribution in [0.25, 0.3) is 0 Å². The van der Waals surface area contributed by atoms with Gasteiger partial charge in [0.2, 0.25) is 0 Å². The van der Waals surface area contributed by atoms with Gasteiger partial charge >= 0.3 is 0 Å². The summed E-state index contributed by atoms with van der Waals surface area (Å²) in [6, 6.07) is 6.79. The van der Waals surface area contributed by atoms with Gasteiger partial charge in [-0.1, -0.05) is 12.1 Å². The van der Waals surface area contributed by atoms with Crippen LogP contribution in [0.5, 0.6) is 0 Å². The summed E-state index contributed by atoms with van der Waals surface area (Å²) in [5.74, 6) is -0.213. The second-order valence-electron chi connectivity index (χ2n) is 2.88. The van der Waals surface area contributed by atoms with E-state index in [0.717, 1.165) is 3.57 Å². The molecule has 74 valence electrons. The molecule has 1 rings (SSSR count). The third kappa shape index (κ3) is 2.80. The molecule has 1 N–H and O–H groups in total. The van der Waals surface area contributed by atoms with E-state index in [0.29, 0.717) is 11.8 Å². The Morgan fingerprint density at radius 1 is 1.50 bits per heavy atom. The van der Waals surface area contributed by atoms with Crippen molar-refractivity contribution in [3.05, 3.63) is 33.4 Å². The summed E-state index contributed by atoms with van der Waals surface area (Å²) in [6.45, 7) is 1.64. The van der Waals surface area contributed by atoms with E-state index in [1.165, 1.54) is 0 Å². The topological polar surface area (TPSA) is 46.2 Å². The van der Waals surface area contributed by atoms with Crippen LogP contribution in [0.1, 0.15) is 17.3 Å². The molecular weight excluding hydrogens is 293 g/mol. The molecule has 0 aliphatic rings. The van der Waals surface area contributed by atoms with Crippen LogP contribution in [0.4, 0.5) is 0 Å². The minimum absolute atomic E-state index is 0.213. The van der Waals surface area contributed by atoms with E-state index in [2.05, 4.69) is 27.9 Å². The molecule has 1 aromatic carbocycles. The van der Waals surface area contributed by atoms with Crippen LogP contribution in [0.3, 0.4) is 0 Å². The van der Waals surface area contributed by atoms with Crippen LogP contribution >= 0.6 is 22.6 Å². The lowest BCUT2D eigenvalue weighted by atomic mass is 10.2. The van der Waals surface area contributed by atoms with Crippen molar-refractivity contribution >= 4 is 34.8 Å². The van der Waals surface area contributed by atoms with Crippen molar-refractivity contribution in [1.29, 1.82) is 0 Å². The smallest absolute Gasteiger partial charge is 0.252 e. The van der Waals surface area contributed by atoms with Crippen molar-refractivity contribution < 1.29 is 9.59 Å². The fourth-order valence-electron chi connectivity index (χ4n) is 0.964. The zero-order valence-corrected chi connectivity index (χ0v) is 9.82. The minimum atomic E-state index is -0.446. The van der Waals surface area contributed by atoms with Gasteiger partial charge in [0.05, 0.1) is 11.6 Å². The van der Waals surface area contributed by atoms with Crippen molar-refractivity contribution in [2.24, 2.45) is 0 Å². The second kappa shape index (κ2) is 5.09. The fraction of sp³-hybridized carbons (Fsp3) is 0.200. The van der Waals surface area contributed by atoms with E-state index in [-0.39, 0.29) is 5.91 Å². The number of hydrogen-bond acceptors (Lipinski definition) is 2. The molecule has 0 aliphatic carbocycles. The lowest BCUT2D eigenvalue weighted by Crippen LogP contribution is -2.33. The van der Waals surface area contributed by atoms with E-state index < -0.39 is 6.04 Å². The van der Waals surface area contributed by atoms with Crippen LogP contribution in [-0.4, -0.2) is 18.2 Å². The van der Waals surface area contributed by atoms with Crippen LogP contribution in [0.2, 0.25) is 0 Å². The van der Waals surface area contributed by atoms with Crippen molar-refractivity contribution in [1.82, 2.24) is 5.32 Å². The lowest BCUT2D eigenvalue weighted by molar-refractivity contribution is -0.109. The highest BCUT2D eigenvalue weighted by molar-refractivity contribution is 14.1. The number of carbonyl (C=O) groups is 2. The quantitative estimate of drug-likeness (QED) is 0.681. The average molecular weight is 303 g/mol. The summed E-state index contributed by atoms with van der Waals surface area (Å²) in [7, 11) is 0. The van der Waals surface area contributed by atoms with Gasteiger partial charge in [0.1, 0.15) is 6.29 Å². The third-order valence-electron chi connectivity index (χ3n) is 1.68. The van der Waals surface area contributed by atoms with Gasteiger partial charge in [-0.3, -0.25) is 4.79 Å². The summed E-state index contributed by atoms with van der Waals surface area (Å²) in [5, 5.41) is 2.57. The molecule has 0 aliphatic heterocycles. The first-order valence-electron chi connectivity index (χ1n) is 4.16. The zero-order chi connectivity index (χ0) is 10.6. The Balaban J connectivity index is 2.80. The number of benzene rings is 1. The van der Waals surface area contributed by atoms with E-state index in [9.17, 15) is 9.59 Å². The SMILES string of the molecule is C[C@@H](C=O)NC(=O)c1ccccc1I. The van der Waals surface area contributed by atoms with E-state index in [4.69, 9.17) is 0 Å². The van der Waals surface area contributed by atoms with Gasteiger partial charge < -0.3 is 10.1 Å². The minimum Gasteiger partial charge on any atom is -0.343 e. The predicted octanol–water partition coefficient (Wildman–Crippen LogP) is 1.61. The standard InChI is InChI=1S/C10H10INO2/c1-7(6-13)12-10(14)8-4-2-3-5-9(8)11/h2-7H,1H3,(H,12,14)/t7-/m0/s1. The van der Waals surface area contributed by atoms with Crippen molar-refractivity contribution in [3.63, 3.8) is 0 Å². The maximum Gasteiger partial charge on any atom is 0.252 e. The molecule has 0 saturated carbocycles. The van der Waals surface area contributed by atoms with E-state index in [1.807, 2.05) is 12.1 Å². The predicted molar refractivity (Wildman–Crippen MR) is 62.2 cm³/mol. The Hall–Kier alpha value is -0.910. The highest BCUT2D eigenvalue weighted by atomic mass is 127. The number of rotatable bonds is 3.